The molecule has 0 fully saturated rings. The fourth-order valence-electron chi connectivity index (χ4n) is 4.13. The van der Waals surface area contributed by atoms with Crippen LogP contribution in [0.5, 0.6) is 11.8 Å². The maximum absolute atomic E-state index is 12.3. The minimum absolute atomic E-state index is 0.0107. The van der Waals surface area contributed by atoms with Crippen molar-refractivity contribution in [1.82, 2.24) is 9.55 Å². The molecule has 2 aliphatic rings. The van der Waals surface area contributed by atoms with E-state index < -0.39 is 0 Å². The Bertz CT molecular complexity index is 1100. The molecule has 0 spiro atoms. The monoisotopic (exact) mass is 393 g/mol. The number of rotatable bonds is 3. The molecule has 0 saturated carbocycles. The zero-order valence-electron chi connectivity index (χ0n) is 14.6. The van der Waals surface area contributed by atoms with E-state index in [2.05, 4.69) is 22.5 Å². The van der Waals surface area contributed by atoms with Crippen molar-refractivity contribution in [2.45, 2.75) is 18.3 Å². The molecule has 2 atom stereocenters. The van der Waals surface area contributed by atoms with Crippen LogP contribution in [0.3, 0.4) is 0 Å². The highest BCUT2D eigenvalue weighted by Gasteiger charge is 2.41. The number of hydrogen-bond donors (Lipinski definition) is 3. The van der Waals surface area contributed by atoms with E-state index in [0.717, 1.165) is 17.5 Å². The SMILES string of the molecule is O=C(Nc1ccc(-n2c(O)c3c(c2O)C2C=CC3C2)c(Cl)c1)c1ccccn1. The molecule has 0 saturated heterocycles. The highest BCUT2D eigenvalue weighted by atomic mass is 35.5. The van der Waals surface area contributed by atoms with E-state index in [1.54, 1.807) is 42.6 Å². The van der Waals surface area contributed by atoms with E-state index in [0.29, 0.717) is 22.1 Å². The standard InChI is InChI=1S/C21H16ClN3O3/c22-14-10-13(24-19(26)15-3-1-2-8-23-15)6-7-16(14)25-20(27)17-11-4-5-12(9-11)18(17)21(25)28/h1-8,10-12,27-28H,9H2,(H,24,26). The van der Waals surface area contributed by atoms with Crippen molar-refractivity contribution in [3.63, 3.8) is 0 Å². The van der Waals surface area contributed by atoms with Gasteiger partial charge in [-0.05, 0) is 36.8 Å². The van der Waals surface area contributed by atoms with Gasteiger partial charge in [0.2, 0.25) is 11.8 Å². The molecule has 2 unspecified atom stereocenters. The van der Waals surface area contributed by atoms with Crippen LogP contribution in [0.4, 0.5) is 5.69 Å². The Hall–Kier alpha value is -3.25. The maximum Gasteiger partial charge on any atom is 0.274 e. The summed E-state index contributed by atoms with van der Waals surface area (Å²) in [5.74, 6) is -0.0727. The fraction of sp³-hybridized carbons (Fsp3) is 0.143. The van der Waals surface area contributed by atoms with E-state index in [1.807, 2.05) is 0 Å². The number of pyridine rings is 1. The average molecular weight is 394 g/mol. The summed E-state index contributed by atoms with van der Waals surface area (Å²) in [7, 11) is 0. The highest BCUT2D eigenvalue weighted by molar-refractivity contribution is 6.32. The van der Waals surface area contributed by atoms with E-state index in [-0.39, 0.29) is 29.5 Å². The molecule has 7 heteroatoms. The topological polar surface area (TPSA) is 87.4 Å². The normalized spacial score (nSPS) is 19.0. The molecule has 2 aromatic heterocycles. The van der Waals surface area contributed by atoms with Crippen molar-refractivity contribution in [2.75, 3.05) is 5.32 Å². The molecule has 28 heavy (non-hydrogen) atoms. The van der Waals surface area contributed by atoms with Gasteiger partial charge in [0.05, 0.1) is 10.7 Å². The number of aromatic nitrogens is 2. The Morgan fingerprint density at radius 1 is 1.11 bits per heavy atom. The molecular formula is C21H16ClN3O3. The number of carbonyl (C=O) groups is 1. The summed E-state index contributed by atoms with van der Waals surface area (Å²) in [6.07, 6.45) is 6.56. The van der Waals surface area contributed by atoms with E-state index in [9.17, 15) is 15.0 Å². The largest absolute Gasteiger partial charge is 0.494 e. The third-order valence-electron chi connectivity index (χ3n) is 5.36. The molecule has 2 bridgehead atoms. The lowest BCUT2D eigenvalue weighted by atomic mass is 10.0. The van der Waals surface area contributed by atoms with E-state index in [4.69, 9.17) is 11.6 Å². The first-order chi connectivity index (χ1) is 13.5. The molecule has 0 radical (unpaired) electrons. The van der Waals surface area contributed by atoms with Gasteiger partial charge < -0.3 is 15.5 Å². The van der Waals surface area contributed by atoms with Crippen molar-refractivity contribution in [3.05, 3.63) is 76.6 Å². The predicted octanol–water partition coefficient (Wildman–Crippen LogP) is 4.33. The lowest BCUT2D eigenvalue weighted by Crippen LogP contribution is -2.13. The minimum Gasteiger partial charge on any atom is -0.494 e. The summed E-state index contributed by atoms with van der Waals surface area (Å²) >= 11 is 6.42. The Kier molecular flexibility index (Phi) is 3.70. The van der Waals surface area contributed by atoms with Crippen LogP contribution in [0.1, 0.15) is 39.9 Å². The van der Waals surface area contributed by atoms with Crippen LogP contribution in [-0.4, -0.2) is 25.7 Å². The van der Waals surface area contributed by atoms with Gasteiger partial charge in [-0.2, -0.15) is 0 Å². The van der Waals surface area contributed by atoms with Crippen LogP contribution in [0.25, 0.3) is 5.69 Å². The van der Waals surface area contributed by atoms with Gasteiger partial charge in [0, 0.05) is 34.8 Å². The number of amides is 1. The lowest BCUT2D eigenvalue weighted by molar-refractivity contribution is 0.102. The first kappa shape index (κ1) is 16.9. The number of aromatic hydroxyl groups is 2. The number of nitrogens with zero attached hydrogens (tertiary/aromatic N) is 2. The average Bonchev–Trinajstić information content (AvgIpc) is 3.37. The minimum atomic E-state index is -0.349. The second-order valence-corrected chi connectivity index (χ2v) is 7.39. The van der Waals surface area contributed by atoms with E-state index >= 15 is 0 Å². The van der Waals surface area contributed by atoms with Crippen LogP contribution in [-0.2, 0) is 0 Å². The van der Waals surface area contributed by atoms with Gasteiger partial charge in [-0.15, -0.1) is 0 Å². The maximum atomic E-state index is 12.3. The summed E-state index contributed by atoms with van der Waals surface area (Å²) in [6, 6.07) is 9.98. The quantitative estimate of drug-likeness (QED) is 0.578. The van der Waals surface area contributed by atoms with Crippen molar-refractivity contribution in [1.29, 1.82) is 0 Å². The first-order valence-electron chi connectivity index (χ1n) is 8.91. The summed E-state index contributed by atoms with van der Waals surface area (Å²) in [6.45, 7) is 0. The smallest absolute Gasteiger partial charge is 0.274 e. The van der Waals surface area contributed by atoms with Gasteiger partial charge in [-0.25, -0.2) is 4.57 Å². The van der Waals surface area contributed by atoms with Crippen LogP contribution in [0.15, 0.2) is 54.7 Å². The molecule has 0 aliphatic heterocycles. The fourth-order valence-corrected chi connectivity index (χ4v) is 4.39. The Morgan fingerprint density at radius 2 is 1.82 bits per heavy atom. The zero-order valence-corrected chi connectivity index (χ0v) is 15.4. The van der Waals surface area contributed by atoms with E-state index in [1.165, 1.54) is 4.57 Å². The first-order valence-corrected chi connectivity index (χ1v) is 9.29. The number of halogens is 1. The third kappa shape index (κ3) is 2.42. The van der Waals surface area contributed by atoms with Crippen molar-refractivity contribution < 1.29 is 15.0 Å². The molecule has 6 nitrogen and oxygen atoms in total. The second-order valence-electron chi connectivity index (χ2n) is 6.98. The molecule has 3 aromatic rings. The number of anilines is 1. The molecule has 3 N–H and O–H groups in total. The van der Waals surface area contributed by atoms with Crippen LogP contribution in [0, 0.1) is 0 Å². The molecule has 140 valence electrons. The van der Waals surface area contributed by atoms with Crippen LogP contribution in [0.2, 0.25) is 5.02 Å². The van der Waals surface area contributed by atoms with Gasteiger partial charge >= 0.3 is 0 Å². The van der Waals surface area contributed by atoms with Gasteiger partial charge in [0.15, 0.2) is 0 Å². The molecule has 2 heterocycles. The summed E-state index contributed by atoms with van der Waals surface area (Å²) in [5.41, 5.74) is 2.77. The number of allylic oxidation sites excluding steroid dienone is 2. The third-order valence-corrected chi connectivity index (χ3v) is 5.67. The van der Waals surface area contributed by atoms with Gasteiger partial charge in [-0.1, -0.05) is 29.8 Å². The van der Waals surface area contributed by atoms with Crippen molar-refractivity contribution in [2.24, 2.45) is 0 Å². The van der Waals surface area contributed by atoms with Crippen molar-refractivity contribution >= 4 is 23.2 Å². The van der Waals surface area contributed by atoms with Crippen LogP contribution >= 0.6 is 11.6 Å². The number of carbonyl (C=O) groups excluding carboxylic acids is 1. The van der Waals surface area contributed by atoms with Gasteiger partial charge in [0.25, 0.3) is 5.91 Å². The number of nitrogens with one attached hydrogen (secondary N) is 1. The molecule has 2 aliphatic carbocycles. The number of fused-ring (bicyclic) bond motifs is 5. The number of hydrogen-bond acceptors (Lipinski definition) is 4. The summed E-state index contributed by atoms with van der Waals surface area (Å²) in [5, 5.41) is 24.5. The molecule has 1 amide bonds. The Balaban J connectivity index is 1.48. The second kappa shape index (κ2) is 6.14. The Labute approximate surface area is 165 Å². The Morgan fingerprint density at radius 3 is 2.43 bits per heavy atom. The lowest BCUT2D eigenvalue weighted by Gasteiger charge is -2.13. The van der Waals surface area contributed by atoms with Gasteiger partial charge in [0.1, 0.15) is 5.69 Å². The summed E-state index contributed by atoms with van der Waals surface area (Å²) < 4.78 is 1.36. The molecule has 5 rings (SSSR count). The van der Waals surface area contributed by atoms with Crippen LogP contribution < -0.4 is 5.32 Å². The zero-order chi connectivity index (χ0) is 19.4. The highest BCUT2D eigenvalue weighted by Crippen LogP contribution is 2.57. The van der Waals surface area contributed by atoms with Gasteiger partial charge in [-0.3, -0.25) is 9.78 Å². The molecular weight excluding hydrogens is 378 g/mol. The number of benzene rings is 1. The predicted molar refractivity (Wildman–Crippen MR) is 106 cm³/mol. The van der Waals surface area contributed by atoms with Crippen molar-refractivity contribution in [3.8, 4) is 17.4 Å². The summed E-state index contributed by atoms with van der Waals surface area (Å²) in [4.78, 5) is 16.3. The molecule has 1 aromatic carbocycles.